The zero-order valence-electron chi connectivity index (χ0n) is 14.0. The Morgan fingerprint density at radius 3 is 2.83 bits per heavy atom. The van der Waals surface area contributed by atoms with Gasteiger partial charge in [-0.3, -0.25) is 0 Å². The van der Waals surface area contributed by atoms with Gasteiger partial charge in [0, 0.05) is 24.7 Å². The van der Waals surface area contributed by atoms with Crippen molar-refractivity contribution < 1.29 is 0 Å². The Morgan fingerprint density at radius 1 is 1.29 bits per heavy atom. The smallest absolute Gasteiger partial charge is 0.191 e. The summed E-state index contributed by atoms with van der Waals surface area (Å²) in [6, 6.07) is 7.90. The number of hydrogen-bond donors (Lipinski definition) is 2. The van der Waals surface area contributed by atoms with E-state index in [2.05, 4.69) is 38.8 Å². The second-order valence-corrected chi connectivity index (χ2v) is 5.47. The number of aliphatic imine (C=N–C) groups is 1. The zero-order chi connectivity index (χ0) is 16.5. The normalized spacial score (nSPS) is 11.0. The lowest BCUT2D eigenvalue weighted by molar-refractivity contribution is 0.693. The molecule has 0 radical (unpaired) electrons. The highest BCUT2D eigenvalue weighted by atomic mass is 127. The van der Waals surface area contributed by atoms with Crippen molar-refractivity contribution in [3.05, 3.63) is 47.0 Å². The van der Waals surface area contributed by atoms with Gasteiger partial charge in [0.25, 0.3) is 0 Å². The van der Waals surface area contributed by atoms with Crippen molar-refractivity contribution in [2.24, 2.45) is 4.99 Å². The molecule has 1 aromatic heterocycles. The molecule has 0 amide bonds. The van der Waals surface area contributed by atoms with E-state index in [0.29, 0.717) is 6.54 Å². The Morgan fingerprint density at radius 2 is 2.12 bits per heavy atom. The maximum atomic E-state index is 6.00. The molecule has 8 heteroatoms. The summed E-state index contributed by atoms with van der Waals surface area (Å²) in [5.41, 5.74) is 1.20. The van der Waals surface area contributed by atoms with Gasteiger partial charge in [-0.1, -0.05) is 23.7 Å². The van der Waals surface area contributed by atoms with Gasteiger partial charge in [0.15, 0.2) is 11.8 Å². The molecule has 0 fully saturated rings. The number of nitrogens with zero attached hydrogens (tertiary/aromatic N) is 4. The lowest BCUT2D eigenvalue weighted by Gasteiger charge is -2.11. The Balaban J connectivity index is 0.00000288. The Kier molecular flexibility index (Phi) is 9.70. The third kappa shape index (κ3) is 6.64. The van der Waals surface area contributed by atoms with Crippen LogP contribution in [0.2, 0.25) is 5.02 Å². The third-order valence-corrected chi connectivity index (χ3v) is 3.59. The number of benzene rings is 1. The van der Waals surface area contributed by atoms with Crippen LogP contribution in [0, 0.1) is 0 Å². The average Bonchev–Trinajstić information content (AvgIpc) is 3.00. The van der Waals surface area contributed by atoms with Crippen molar-refractivity contribution in [2.45, 2.75) is 33.4 Å². The summed E-state index contributed by atoms with van der Waals surface area (Å²) >= 11 is 6.00. The molecular weight excluding hydrogens is 439 g/mol. The van der Waals surface area contributed by atoms with E-state index in [1.165, 1.54) is 5.56 Å². The van der Waals surface area contributed by atoms with E-state index >= 15 is 0 Å². The van der Waals surface area contributed by atoms with E-state index < -0.39 is 0 Å². The van der Waals surface area contributed by atoms with Crippen LogP contribution in [0.25, 0.3) is 0 Å². The molecule has 0 unspecified atom stereocenters. The average molecular weight is 463 g/mol. The van der Waals surface area contributed by atoms with Crippen LogP contribution in [-0.2, 0) is 19.5 Å². The van der Waals surface area contributed by atoms with Crippen LogP contribution in [0.5, 0.6) is 0 Å². The van der Waals surface area contributed by atoms with Crippen molar-refractivity contribution in [2.75, 3.05) is 13.1 Å². The molecule has 6 nitrogen and oxygen atoms in total. The molecule has 132 valence electrons. The largest absolute Gasteiger partial charge is 0.357 e. The lowest BCUT2D eigenvalue weighted by Crippen LogP contribution is -2.38. The van der Waals surface area contributed by atoms with E-state index in [0.717, 1.165) is 42.9 Å². The van der Waals surface area contributed by atoms with Crippen LogP contribution in [0.4, 0.5) is 0 Å². The van der Waals surface area contributed by atoms with Crippen LogP contribution >= 0.6 is 35.6 Å². The van der Waals surface area contributed by atoms with Gasteiger partial charge in [-0.25, -0.2) is 4.99 Å². The van der Waals surface area contributed by atoms with Gasteiger partial charge in [-0.2, -0.15) is 0 Å². The van der Waals surface area contributed by atoms with Crippen molar-refractivity contribution in [1.82, 2.24) is 25.4 Å². The first-order valence-electron chi connectivity index (χ1n) is 7.86. The molecule has 1 aromatic carbocycles. The van der Waals surface area contributed by atoms with Crippen molar-refractivity contribution in [3.63, 3.8) is 0 Å². The van der Waals surface area contributed by atoms with Crippen LogP contribution in [0.15, 0.2) is 35.6 Å². The second-order valence-electron chi connectivity index (χ2n) is 5.04. The van der Waals surface area contributed by atoms with Crippen molar-refractivity contribution in [3.8, 4) is 0 Å². The maximum absolute atomic E-state index is 6.00. The Bertz CT molecular complexity index is 643. The molecule has 0 bridgehead atoms. The summed E-state index contributed by atoms with van der Waals surface area (Å²) in [5, 5.41) is 15.3. The molecule has 0 aliphatic carbocycles. The molecule has 0 aliphatic rings. The number of guanidine groups is 1. The summed E-state index contributed by atoms with van der Waals surface area (Å²) in [6.07, 6.45) is 2.61. The quantitative estimate of drug-likeness (QED) is 0.377. The monoisotopic (exact) mass is 462 g/mol. The number of halogens is 2. The molecule has 2 rings (SSSR count). The minimum atomic E-state index is 0. The fourth-order valence-electron chi connectivity index (χ4n) is 2.17. The molecule has 1 heterocycles. The third-order valence-electron chi connectivity index (χ3n) is 3.35. The molecule has 0 atom stereocenters. The highest BCUT2D eigenvalue weighted by molar-refractivity contribution is 14.0. The molecule has 24 heavy (non-hydrogen) atoms. The summed E-state index contributed by atoms with van der Waals surface area (Å²) in [7, 11) is 0. The molecule has 0 saturated heterocycles. The number of rotatable bonds is 7. The fourth-order valence-corrected chi connectivity index (χ4v) is 2.39. The van der Waals surface area contributed by atoms with Crippen LogP contribution in [-0.4, -0.2) is 33.8 Å². The highest BCUT2D eigenvalue weighted by Crippen LogP contribution is 2.10. The lowest BCUT2D eigenvalue weighted by atomic mass is 10.1. The molecular formula is C16H24ClIN6. The number of nitrogens with one attached hydrogen (secondary N) is 2. The zero-order valence-corrected chi connectivity index (χ0v) is 17.1. The van der Waals surface area contributed by atoms with E-state index in [9.17, 15) is 0 Å². The van der Waals surface area contributed by atoms with Gasteiger partial charge in [0.2, 0.25) is 0 Å². The Labute approximate surface area is 165 Å². The topological polar surface area (TPSA) is 67.1 Å². The van der Waals surface area contributed by atoms with E-state index in [-0.39, 0.29) is 24.0 Å². The predicted octanol–water partition coefficient (Wildman–Crippen LogP) is 2.87. The van der Waals surface area contributed by atoms with Crippen LogP contribution in [0.3, 0.4) is 0 Å². The first-order chi connectivity index (χ1) is 11.2. The molecule has 0 saturated carbocycles. The highest BCUT2D eigenvalue weighted by Gasteiger charge is 2.03. The molecule has 2 N–H and O–H groups in total. The van der Waals surface area contributed by atoms with Gasteiger partial charge in [0.1, 0.15) is 12.9 Å². The van der Waals surface area contributed by atoms with Gasteiger partial charge >= 0.3 is 0 Å². The van der Waals surface area contributed by atoms with E-state index in [1.807, 2.05) is 29.7 Å². The molecule has 0 spiro atoms. The summed E-state index contributed by atoms with van der Waals surface area (Å²) in [6.45, 7) is 7.04. The molecule has 2 aromatic rings. The number of aromatic nitrogens is 3. The number of aryl methyl sites for hydroxylation is 1. The first kappa shape index (κ1) is 20.7. The minimum absolute atomic E-state index is 0. The van der Waals surface area contributed by atoms with Gasteiger partial charge < -0.3 is 15.2 Å². The fraction of sp³-hybridized carbons (Fsp3) is 0.438. The van der Waals surface area contributed by atoms with Gasteiger partial charge in [-0.15, -0.1) is 34.2 Å². The van der Waals surface area contributed by atoms with Crippen molar-refractivity contribution >= 4 is 41.5 Å². The summed E-state index contributed by atoms with van der Waals surface area (Å²) < 4.78 is 1.99. The predicted molar refractivity (Wildman–Crippen MR) is 109 cm³/mol. The number of hydrogen-bond acceptors (Lipinski definition) is 3. The van der Waals surface area contributed by atoms with E-state index in [4.69, 9.17) is 11.6 Å². The van der Waals surface area contributed by atoms with Crippen LogP contribution < -0.4 is 10.6 Å². The first-order valence-corrected chi connectivity index (χ1v) is 8.24. The van der Waals surface area contributed by atoms with Crippen molar-refractivity contribution in [1.29, 1.82) is 0 Å². The second kappa shape index (κ2) is 11.2. The standard InChI is InChI=1S/C16H23ClN6.HI/c1-3-18-16(20-11-15-22-21-12-23(15)4-2)19-9-8-13-6-5-7-14(17)10-13;/h5-7,10,12H,3-4,8-9,11H2,1-2H3,(H2,18,19,20);1H. The van der Waals surface area contributed by atoms with Gasteiger partial charge in [-0.05, 0) is 38.0 Å². The van der Waals surface area contributed by atoms with Crippen LogP contribution in [0.1, 0.15) is 25.2 Å². The SMILES string of the molecule is CCNC(=NCc1nncn1CC)NCCc1cccc(Cl)c1.I. The van der Waals surface area contributed by atoms with E-state index in [1.54, 1.807) is 6.33 Å². The molecule has 0 aliphatic heterocycles. The minimum Gasteiger partial charge on any atom is -0.357 e. The van der Waals surface area contributed by atoms with Gasteiger partial charge in [0.05, 0.1) is 0 Å². The summed E-state index contributed by atoms with van der Waals surface area (Å²) in [4.78, 5) is 4.56. The Hall–Kier alpha value is -1.35. The summed E-state index contributed by atoms with van der Waals surface area (Å²) in [5.74, 6) is 1.64. The maximum Gasteiger partial charge on any atom is 0.191 e.